The first-order valence-corrected chi connectivity index (χ1v) is 7.93. The number of aliphatic hydroxyl groups is 1. The number of hydrogen-bond acceptors (Lipinski definition) is 5. The number of benzene rings is 1. The largest absolute Gasteiger partial charge is 0.507 e. The summed E-state index contributed by atoms with van der Waals surface area (Å²) in [5, 5.41) is 18.0. The standard InChI is InChI=1S/C17H15N3O2S/c1-11-2-4-12(5-3-11)6-14-7-13(9-23-14)15(21)8-16(22)17-18-10-19-20-17/h2-5,7-10,21H,6H2,1H3,(H,18,19,20). The number of allylic oxidation sites excluding steroid dienone is 1. The van der Waals surface area contributed by atoms with Crippen molar-refractivity contribution in [3.63, 3.8) is 0 Å². The molecule has 2 heterocycles. The highest BCUT2D eigenvalue weighted by Crippen LogP contribution is 2.23. The van der Waals surface area contributed by atoms with Crippen LogP contribution in [0.15, 0.2) is 48.1 Å². The SMILES string of the molecule is Cc1ccc(Cc2cc(C(O)=CC(=O)c3ncn[nH]3)cs2)cc1. The van der Waals surface area contributed by atoms with Gasteiger partial charge in [0.25, 0.3) is 0 Å². The van der Waals surface area contributed by atoms with Crippen LogP contribution in [-0.2, 0) is 6.42 Å². The number of nitrogens with one attached hydrogen (secondary N) is 1. The number of H-pyrrole nitrogens is 1. The van der Waals surface area contributed by atoms with Gasteiger partial charge in [-0.2, -0.15) is 5.10 Å². The average molecular weight is 325 g/mol. The van der Waals surface area contributed by atoms with Crippen LogP contribution in [0.4, 0.5) is 0 Å². The molecule has 0 aliphatic heterocycles. The fourth-order valence-electron chi connectivity index (χ4n) is 2.11. The van der Waals surface area contributed by atoms with E-state index in [2.05, 4.69) is 46.4 Å². The molecule has 2 aromatic heterocycles. The van der Waals surface area contributed by atoms with Gasteiger partial charge in [0.1, 0.15) is 12.1 Å². The number of aliphatic hydroxyl groups excluding tert-OH is 1. The smallest absolute Gasteiger partial charge is 0.226 e. The molecule has 1 aromatic carbocycles. The van der Waals surface area contributed by atoms with Gasteiger partial charge < -0.3 is 5.11 Å². The Labute approximate surface area is 137 Å². The molecule has 0 aliphatic rings. The van der Waals surface area contributed by atoms with Crippen LogP contribution in [0, 0.1) is 6.92 Å². The Morgan fingerprint density at radius 1 is 1.35 bits per heavy atom. The lowest BCUT2D eigenvalue weighted by Crippen LogP contribution is -1.99. The van der Waals surface area contributed by atoms with Gasteiger partial charge in [-0.15, -0.1) is 11.3 Å². The first kappa shape index (κ1) is 15.2. The minimum absolute atomic E-state index is 0.0715. The molecule has 6 heteroatoms. The molecule has 0 saturated heterocycles. The predicted octanol–water partition coefficient (Wildman–Crippen LogP) is 3.55. The van der Waals surface area contributed by atoms with E-state index < -0.39 is 5.78 Å². The van der Waals surface area contributed by atoms with Gasteiger partial charge in [0.2, 0.25) is 5.78 Å². The molecule has 0 saturated carbocycles. The normalized spacial score (nSPS) is 11.6. The number of aryl methyl sites for hydroxylation is 1. The van der Waals surface area contributed by atoms with Crippen LogP contribution in [0.25, 0.3) is 5.76 Å². The zero-order valence-electron chi connectivity index (χ0n) is 12.5. The maximum atomic E-state index is 11.9. The van der Waals surface area contributed by atoms with E-state index in [-0.39, 0.29) is 11.6 Å². The maximum Gasteiger partial charge on any atom is 0.226 e. The molecule has 3 rings (SSSR count). The number of rotatable bonds is 5. The van der Waals surface area contributed by atoms with E-state index in [1.54, 1.807) is 11.3 Å². The Hall–Kier alpha value is -2.73. The van der Waals surface area contributed by atoms with E-state index >= 15 is 0 Å². The summed E-state index contributed by atoms with van der Waals surface area (Å²) in [5.74, 6) is -0.379. The minimum Gasteiger partial charge on any atom is -0.507 e. The summed E-state index contributed by atoms with van der Waals surface area (Å²) in [6.45, 7) is 2.06. The van der Waals surface area contributed by atoms with E-state index in [1.807, 2.05) is 11.4 Å². The number of ketones is 1. The summed E-state index contributed by atoms with van der Waals surface area (Å²) < 4.78 is 0. The summed E-state index contributed by atoms with van der Waals surface area (Å²) in [6.07, 6.45) is 3.20. The van der Waals surface area contributed by atoms with Crippen LogP contribution in [0.5, 0.6) is 0 Å². The number of hydrogen-bond donors (Lipinski definition) is 2. The van der Waals surface area contributed by atoms with Crippen LogP contribution in [0.2, 0.25) is 0 Å². The molecule has 0 spiro atoms. The monoisotopic (exact) mass is 325 g/mol. The van der Waals surface area contributed by atoms with E-state index in [0.717, 1.165) is 17.4 Å². The average Bonchev–Trinajstić information content (AvgIpc) is 3.21. The van der Waals surface area contributed by atoms with Crippen molar-refractivity contribution in [3.05, 3.63) is 75.5 Å². The predicted molar refractivity (Wildman–Crippen MR) is 89.6 cm³/mol. The van der Waals surface area contributed by atoms with Crippen molar-refractivity contribution in [1.82, 2.24) is 15.2 Å². The van der Waals surface area contributed by atoms with Crippen molar-refractivity contribution in [2.75, 3.05) is 0 Å². The van der Waals surface area contributed by atoms with Gasteiger partial charge in [-0.05, 0) is 18.6 Å². The molecule has 0 atom stereocenters. The van der Waals surface area contributed by atoms with Gasteiger partial charge in [-0.3, -0.25) is 9.89 Å². The molecule has 0 amide bonds. The summed E-state index contributed by atoms with van der Waals surface area (Å²) >= 11 is 1.55. The summed E-state index contributed by atoms with van der Waals surface area (Å²) in [6, 6.07) is 10.2. The fourth-order valence-corrected chi connectivity index (χ4v) is 3.03. The molecular weight excluding hydrogens is 310 g/mol. The molecule has 0 bridgehead atoms. The van der Waals surface area contributed by atoms with Crippen LogP contribution < -0.4 is 0 Å². The van der Waals surface area contributed by atoms with Gasteiger partial charge in [0, 0.05) is 28.3 Å². The highest BCUT2D eigenvalue weighted by molar-refractivity contribution is 7.10. The number of aromatic amines is 1. The second-order valence-corrected chi connectivity index (χ2v) is 6.19. The molecule has 0 unspecified atom stereocenters. The van der Waals surface area contributed by atoms with Crippen LogP contribution in [0.3, 0.4) is 0 Å². The zero-order valence-corrected chi connectivity index (χ0v) is 13.3. The summed E-state index contributed by atoms with van der Waals surface area (Å²) in [5.41, 5.74) is 3.07. The quantitative estimate of drug-likeness (QED) is 0.427. The van der Waals surface area contributed by atoms with Gasteiger partial charge in [0.05, 0.1) is 0 Å². The van der Waals surface area contributed by atoms with Crippen molar-refractivity contribution in [1.29, 1.82) is 0 Å². The molecule has 3 aromatic rings. The Bertz CT molecular complexity index is 833. The highest BCUT2D eigenvalue weighted by Gasteiger charge is 2.10. The zero-order chi connectivity index (χ0) is 16.2. The van der Waals surface area contributed by atoms with Crippen molar-refractivity contribution < 1.29 is 9.90 Å². The van der Waals surface area contributed by atoms with Gasteiger partial charge >= 0.3 is 0 Å². The Kier molecular flexibility index (Phi) is 4.34. The Morgan fingerprint density at radius 2 is 2.13 bits per heavy atom. The maximum absolute atomic E-state index is 11.9. The lowest BCUT2D eigenvalue weighted by Gasteiger charge is -1.99. The first-order valence-electron chi connectivity index (χ1n) is 7.05. The van der Waals surface area contributed by atoms with E-state index in [9.17, 15) is 9.90 Å². The molecule has 2 N–H and O–H groups in total. The number of nitrogens with zero attached hydrogens (tertiary/aromatic N) is 2. The number of carbonyl (C=O) groups excluding carboxylic acids is 1. The van der Waals surface area contributed by atoms with Gasteiger partial charge in [0.15, 0.2) is 5.82 Å². The topological polar surface area (TPSA) is 78.9 Å². The Morgan fingerprint density at radius 3 is 2.83 bits per heavy atom. The third-order valence-electron chi connectivity index (χ3n) is 3.36. The highest BCUT2D eigenvalue weighted by atomic mass is 32.1. The van der Waals surface area contributed by atoms with Crippen LogP contribution in [0.1, 0.15) is 32.2 Å². The van der Waals surface area contributed by atoms with E-state index in [1.165, 1.54) is 17.5 Å². The molecular formula is C17H15N3O2S. The van der Waals surface area contributed by atoms with E-state index in [4.69, 9.17) is 0 Å². The first-order chi connectivity index (χ1) is 11.1. The number of aromatic nitrogens is 3. The minimum atomic E-state index is -0.411. The third kappa shape index (κ3) is 3.73. The van der Waals surface area contributed by atoms with Crippen molar-refractivity contribution in [2.24, 2.45) is 0 Å². The molecule has 0 fully saturated rings. The van der Waals surface area contributed by atoms with Crippen molar-refractivity contribution >= 4 is 22.9 Å². The third-order valence-corrected chi connectivity index (χ3v) is 4.30. The second-order valence-electron chi connectivity index (χ2n) is 5.19. The molecule has 23 heavy (non-hydrogen) atoms. The Balaban J connectivity index is 1.73. The lowest BCUT2D eigenvalue weighted by molar-refractivity contribution is 0.103. The molecule has 5 nitrogen and oxygen atoms in total. The summed E-state index contributed by atoms with van der Waals surface area (Å²) in [4.78, 5) is 16.7. The summed E-state index contributed by atoms with van der Waals surface area (Å²) in [7, 11) is 0. The van der Waals surface area contributed by atoms with Gasteiger partial charge in [-0.25, -0.2) is 4.98 Å². The molecule has 0 radical (unpaired) electrons. The van der Waals surface area contributed by atoms with Gasteiger partial charge in [-0.1, -0.05) is 29.8 Å². The van der Waals surface area contributed by atoms with Crippen molar-refractivity contribution in [2.45, 2.75) is 13.3 Å². The molecule has 0 aliphatic carbocycles. The lowest BCUT2D eigenvalue weighted by atomic mass is 10.1. The second kappa shape index (κ2) is 6.58. The van der Waals surface area contributed by atoms with Crippen LogP contribution >= 0.6 is 11.3 Å². The number of thiophene rings is 1. The number of carbonyl (C=O) groups is 1. The van der Waals surface area contributed by atoms with E-state index in [0.29, 0.717) is 5.56 Å². The van der Waals surface area contributed by atoms with Crippen molar-refractivity contribution in [3.8, 4) is 0 Å². The fraction of sp³-hybridized carbons (Fsp3) is 0.118. The van der Waals surface area contributed by atoms with Crippen LogP contribution in [-0.4, -0.2) is 26.1 Å². The molecule has 116 valence electrons.